The monoisotopic (exact) mass is 468 g/mol. The minimum Gasteiger partial charge on any atom is -0.457 e. The van der Waals surface area contributed by atoms with Crippen LogP contribution in [-0.2, 0) is 5.66 Å². The summed E-state index contributed by atoms with van der Waals surface area (Å²) in [7, 11) is 0. The van der Waals surface area contributed by atoms with Crippen molar-refractivity contribution in [3.63, 3.8) is 0 Å². The van der Waals surface area contributed by atoms with Crippen molar-refractivity contribution in [3.8, 4) is 17.6 Å². The number of allylic oxidation sites excluding steroid dienone is 1. The van der Waals surface area contributed by atoms with Crippen LogP contribution < -0.4 is 10.5 Å². The van der Waals surface area contributed by atoms with Crippen LogP contribution in [0.5, 0.6) is 11.5 Å². The second-order valence-corrected chi connectivity index (χ2v) is 8.52. The molecule has 1 aliphatic heterocycles. The molecule has 0 radical (unpaired) electrons. The third-order valence-corrected chi connectivity index (χ3v) is 6.24. The molecule has 5 nitrogen and oxygen atoms in total. The fraction of sp³-hybridized carbons (Fsp3) is 0.0385. The van der Waals surface area contributed by atoms with Crippen molar-refractivity contribution in [1.29, 1.82) is 5.26 Å². The maximum Gasteiger partial charge on any atom is 0.155 e. The smallest absolute Gasteiger partial charge is 0.155 e. The zero-order valence-corrected chi connectivity index (χ0v) is 18.9. The van der Waals surface area contributed by atoms with Crippen molar-refractivity contribution in [1.82, 2.24) is 4.98 Å². The van der Waals surface area contributed by atoms with E-state index in [1.165, 1.54) is 0 Å². The molecular formula is C26H17ClN4OS. The van der Waals surface area contributed by atoms with E-state index < -0.39 is 5.66 Å². The Morgan fingerprint density at radius 2 is 1.82 bits per heavy atom. The standard InChI is InChI=1S/C26H17ClN4OS/c27-23-11-21(8-9-24(23)33)32-20-6-4-17(5-7-20)19-12-26(29,31-15-19)22-3-1-2-18-10-16(13-28)14-30-25(18)22/h1-12,14-15,33H,29H2. The summed E-state index contributed by atoms with van der Waals surface area (Å²) in [6.45, 7) is 0. The lowest BCUT2D eigenvalue weighted by atomic mass is 9.95. The summed E-state index contributed by atoms with van der Waals surface area (Å²) >= 11 is 10.4. The summed E-state index contributed by atoms with van der Waals surface area (Å²) < 4.78 is 5.88. The molecule has 1 aromatic heterocycles. The maximum atomic E-state index is 9.15. The molecule has 1 aliphatic rings. The number of hydrogen-bond acceptors (Lipinski definition) is 6. The molecule has 0 aliphatic carbocycles. The van der Waals surface area contributed by atoms with Crippen molar-refractivity contribution in [2.45, 2.75) is 10.6 Å². The summed E-state index contributed by atoms with van der Waals surface area (Å²) in [4.78, 5) is 9.76. The third kappa shape index (κ3) is 4.10. The molecule has 2 heterocycles. The summed E-state index contributed by atoms with van der Waals surface area (Å²) in [6.07, 6.45) is 5.24. The topological polar surface area (TPSA) is 84.3 Å². The predicted octanol–water partition coefficient (Wildman–Crippen LogP) is 6.12. The predicted molar refractivity (Wildman–Crippen MR) is 134 cm³/mol. The second kappa shape index (κ2) is 8.38. The Morgan fingerprint density at radius 3 is 2.58 bits per heavy atom. The first-order valence-electron chi connectivity index (χ1n) is 10.1. The first kappa shape index (κ1) is 21.2. The largest absolute Gasteiger partial charge is 0.457 e. The van der Waals surface area contributed by atoms with Crippen LogP contribution >= 0.6 is 24.2 Å². The Bertz CT molecular complexity index is 1490. The molecule has 33 heavy (non-hydrogen) atoms. The number of para-hydroxylation sites is 1. The summed E-state index contributed by atoms with van der Waals surface area (Å²) in [6, 6.07) is 22.6. The number of pyridine rings is 1. The zero-order chi connectivity index (χ0) is 23.0. The van der Waals surface area contributed by atoms with Gasteiger partial charge in [-0.2, -0.15) is 5.26 Å². The van der Waals surface area contributed by atoms with Gasteiger partial charge in [0.15, 0.2) is 5.66 Å². The number of benzene rings is 3. The number of aromatic nitrogens is 1. The summed E-state index contributed by atoms with van der Waals surface area (Å²) in [5.74, 6) is 1.32. The van der Waals surface area contributed by atoms with Gasteiger partial charge in [-0.15, -0.1) is 12.6 Å². The molecule has 0 saturated carbocycles. The van der Waals surface area contributed by atoms with Gasteiger partial charge in [-0.3, -0.25) is 15.7 Å². The van der Waals surface area contributed by atoms with Gasteiger partial charge in [0.2, 0.25) is 0 Å². The van der Waals surface area contributed by atoms with Crippen molar-refractivity contribution in [2.75, 3.05) is 0 Å². The van der Waals surface area contributed by atoms with Gasteiger partial charge in [0.1, 0.15) is 17.6 Å². The van der Waals surface area contributed by atoms with E-state index in [0.717, 1.165) is 27.6 Å². The molecule has 0 bridgehead atoms. The molecule has 5 rings (SSSR count). The molecule has 3 aromatic carbocycles. The number of rotatable bonds is 4. The summed E-state index contributed by atoms with van der Waals surface area (Å²) in [5, 5.41) is 10.5. The number of thiol groups is 1. The lowest BCUT2D eigenvalue weighted by Crippen LogP contribution is -2.31. The van der Waals surface area contributed by atoms with Crippen LogP contribution in [0.15, 0.2) is 88.9 Å². The highest BCUT2D eigenvalue weighted by molar-refractivity contribution is 7.80. The molecule has 160 valence electrons. The lowest BCUT2D eigenvalue weighted by molar-refractivity contribution is 0.482. The zero-order valence-electron chi connectivity index (χ0n) is 17.2. The highest BCUT2D eigenvalue weighted by atomic mass is 35.5. The Labute approximate surface area is 201 Å². The van der Waals surface area contributed by atoms with Crippen LogP contribution in [0.4, 0.5) is 0 Å². The molecule has 0 saturated heterocycles. The third-order valence-electron chi connectivity index (χ3n) is 5.41. The molecule has 1 unspecified atom stereocenters. The van der Waals surface area contributed by atoms with Crippen LogP contribution in [0.2, 0.25) is 5.02 Å². The molecule has 7 heteroatoms. The van der Waals surface area contributed by atoms with Crippen molar-refractivity contribution >= 4 is 46.9 Å². The molecule has 0 fully saturated rings. The summed E-state index contributed by atoms with van der Waals surface area (Å²) in [5.41, 5.74) is 9.50. The van der Waals surface area contributed by atoms with Gasteiger partial charge < -0.3 is 4.74 Å². The number of hydrogen-bond donors (Lipinski definition) is 2. The van der Waals surface area contributed by atoms with Crippen molar-refractivity contribution < 1.29 is 4.74 Å². The number of nitrogens with zero attached hydrogens (tertiary/aromatic N) is 3. The van der Waals surface area contributed by atoms with E-state index in [1.807, 2.05) is 54.6 Å². The highest BCUT2D eigenvalue weighted by Crippen LogP contribution is 2.35. The Kier molecular flexibility index (Phi) is 5.39. The number of aliphatic imine (C=N–C) groups is 1. The van der Waals surface area contributed by atoms with Gasteiger partial charge in [-0.25, -0.2) is 0 Å². The minimum atomic E-state index is -1.05. The first-order valence-corrected chi connectivity index (χ1v) is 10.9. The number of nitriles is 1. The average Bonchev–Trinajstić information content (AvgIpc) is 3.24. The lowest BCUT2D eigenvalue weighted by Gasteiger charge is -2.20. The van der Waals surface area contributed by atoms with E-state index in [0.29, 0.717) is 27.0 Å². The van der Waals surface area contributed by atoms with E-state index in [1.54, 1.807) is 30.6 Å². The van der Waals surface area contributed by atoms with Gasteiger partial charge in [-0.05, 0) is 47.5 Å². The van der Waals surface area contributed by atoms with E-state index >= 15 is 0 Å². The fourth-order valence-corrected chi connectivity index (χ4v) is 4.05. The maximum absolute atomic E-state index is 9.15. The van der Waals surface area contributed by atoms with Gasteiger partial charge in [0.05, 0.1) is 16.1 Å². The van der Waals surface area contributed by atoms with Crippen LogP contribution in [0, 0.1) is 11.3 Å². The molecule has 0 amide bonds. The number of fused-ring (bicyclic) bond motifs is 1. The van der Waals surface area contributed by atoms with E-state index in [-0.39, 0.29) is 0 Å². The molecule has 2 N–H and O–H groups in total. The van der Waals surface area contributed by atoms with Gasteiger partial charge >= 0.3 is 0 Å². The molecule has 4 aromatic rings. The number of nitrogens with two attached hydrogens (primary N) is 1. The quantitative estimate of drug-likeness (QED) is 0.353. The van der Waals surface area contributed by atoms with Crippen molar-refractivity contribution in [3.05, 3.63) is 101 Å². The van der Waals surface area contributed by atoms with E-state index in [4.69, 9.17) is 27.3 Å². The minimum absolute atomic E-state index is 0.503. The van der Waals surface area contributed by atoms with Crippen LogP contribution in [0.3, 0.4) is 0 Å². The Hall–Kier alpha value is -3.63. The van der Waals surface area contributed by atoms with Crippen LogP contribution in [0.1, 0.15) is 16.7 Å². The SMILES string of the molecule is N#Cc1cnc2c(C3(N)C=C(c4ccc(Oc5ccc(S)c(Cl)c5)cc4)C=N3)cccc2c1. The molecule has 1 atom stereocenters. The highest BCUT2D eigenvalue weighted by Gasteiger charge is 2.30. The number of halogens is 1. The van der Waals surface area contributed by atoms with Gasteiger partial charge in [0, 0.05) is 34.3 Å². The van der Waals surface area contributed by atoms with Gasteiger partial charge in [-0.1, -0.05) is 41.9 Å². The second-order valence-electron chi connectivity index (χ2n) is 7.64. The normalized spacial score (nSPS) is 17.1. The Balaban J connectivity index is 1.42. The Morgan fingerprint density at radius 1 is 1.03 bits per heavy atom. The average molecular weight is 469 g/mol. The van der Waals surface area contributed by atoms with Crippen LogP contribution in [-0.4, -0.2) is 11.2 Å². The molecular weight excluding hydrogens is 452 g/mol. The molecule has 0 spiro atoms. The fourth-order valence-electron chi connectivity index (χ4n) is 3.74. The van der Waals surface area contributed by atoms with E-state index in [2.05, 4.69) is 28.7 Å². The van der Waals surface area contributed by atoms with Crippen molar-refractivity contribution in [2.24, 2.45) is 10.7 Å². The van der Waals surface area contributed by atoms with Crippen LogP contribution in [0.25, 0.3) is 16.5 Å². The van der Waals surface area contributed by atoms with Gasteiger partial charge in [0.25, 0.3) is 0 Å². The first-order chi connectivity index (χ1) is 15.9. The number of ether oxygens (including phenoxy) is 1. The van der Waals surface area contributed by atoms with E-state index in [9.17, 15) is 0 Å².